The summed E-state index contributed by atoms with van der Waals surface area (Å²) in [5.74, 6) is -1.56. The third-order valence-corrected chi connectivity index (χ3v) is 4.13. The first-order valence-corrected chi connectivity index (χ1v) is 7.90. The van der Waals surface area contributed by atoms with Crippen LogP contribution in [0.25, 0.3) is 0 Å². The Balaban J connectivity index is 1.99. The van der Waals surface area contributed by atoms with E-state index in [-0.39, 0.29) is 5.69 Å². The molecule has 2 rings (SSSR count). The van der Waals surface area contributed by atoms with E-state index in [0.29, 0.717) is 12.8 Å². The number of nitrogens with one attached hydrogen (secondary N) is 2. The molecule has 1 aromatic carbocycles. The Morgan fingerprint density at radius 2 is 1.77 bits per heavy atom. The SMILES string of the molecule is CCC1(CC)NC(=O)N(CC(=O)Nc2ccc(OC(F)(F)F)cc2)C1=O. The number of hydrogen-bond acceptors (Lipinski definition) is 4. The summed E-state index contributed by atoms with van der Waals surface area (Å²) in [7, 11) is 0. The summed E-state index contributed by atoms with van der Waals surface area (Å²) in [4.78, 5) is 37.3. The zero-order valence-corrected chi connectivity index (χ0v) is 14.1. The lowest BCUT2D eigenvalue weighted by molar-refractivity contribution is -0.274. The summed E-state index contributed by atoms with van der Waals surface area (Å²) in [5.41, 5.74) is -0.803. The summed E-state index contributed by atoms with van der Waals surface area (Å²) in [6.07, 6.45) is -4.01. The van der Waals surface area contributed by atoms with Gasteiger partial charge in [0.25, 0.3) is 5.91 Å². The van der Waals surface area contributed by atoms with E-state index in [4.69, 9.17) is 0 Å². The Labute approximate surface area is 147 Å². The fourth-order valence-electron chi connectivity index (χ4n) is 2.63. The molecule has 2 N–H and O–H groups in total. The summed E-state index contributed by atoms with van der Waals surface area (Å²) >= 11 is 0. The second-order valence-electron chi connectivity index (χ2n) is 5.73. The van der Waals surface area contributed by atoms with Gasteiger partial charge in [-0.25, -0.2) is 4.79 Å². The highest BCUT2D eigenvalue weighted by Gasteiger charge is 2.49. The van der Waals surface area contributed by atoms with Gasteiger partial charge in [0.2, 0.25) is 5.91 Å². The number of halogens is 3. The molecule has 0 atom stereocenters. The maximum absolute atomic E-state index is 12.4. The second kappa shape index (κ2) is 7.22. The molecule has 142 valence electrons. The van der Waals surface area contributed by atoms with Crippen LogP contribution in [0.3, 0.4) is 0 Å². The van der Waals surface area contributed by atoms with Crippen LogP contribution in [0.2, 0.25) is 0 Å². The molecule has 0 aliphatic carbocycles. The standard InChI is InChI=1S/C16H18F3N3O4/c1-3-15(4-2)13(24)22(14(25)21-15)9-12(23)20-10-5-7-11(8-6-10)26-16(17,18)19/h5-8H,3-4,9H2,1-2H3,(H,20,23)(H,21,25). The van der Waals surface area contributed by atoms with Crippen LogP contribution in [0.5, 0.6) is 5.75 Å². The van der Waals surface area contributed by atoms with E-state index in [9.17, 15) is 27.6 Å². The normalized spacial score (nSPS) is 16.4. The lowest BCUT2D eigenvalue weighted by Crippen LogP contribution is -2.46. The first-order chi connectivity index (χ1) is 12.1. The molecule has 26 heavy (non-hydrogen) atoms. The van der Waals surface area contributed by atoms with Crippen molar-refractivity contribution in [2.75, 3.05) is 11.9 Å². The molecule has 0 bridgehead atoms. The van der Waals surface area contributed by atoms with E-state index < -0.39 is 42.0 Å². The molecule has 1 aromatic rings. The average molecular weight is 373 g/mol. The van der Waals surface area contributed by atoms with Crippen molar-refractivity contribution >= 4 is 23.5 Å². The highest BCUT2D eigenvalue weighted by molar-refractivity contribution is 6.10. The molecule has 0 saturated carbocycles. The molecule has 7 nitrogen and oxygen atoms in total. The fraction of sp³-hybridized carbons (Fsp3) is 0.438. The number of urea groups is 1. The third-order valence-electron chi connectivity index (χ3n) is 4.13. The van der Waals surface area contributed by atoms with Crippen LogP contribution < -0.4 is 15.4 Å². The molecule has 4 amide bonds. The van der Waals surface area contributed by atoms with Crippen molar-refractivity contribution in [1.82, 2.24) is 10.2 Å². The number of rotatable bonds is 6. The molecule has 1 aliphatic rings. The van der Waals surface area contributed by atoms with Crippen LogP contribution in [-0.4, -0.2) is 41.2 Å². The quantitative estimate of drug-likeness (QED) is 0.751. The largest absolute Gasteiger partial charge is 0.573 e. The van der Waals surface area contributed by atoms with E-state index in [1.807, 2.05) is 0 Å². The Hall–Kier alpha value is -2.78. The van der Waals surface area contributed by atoms with Gasteiger partial charge in [-0.3, -0.25) is 14.5 Å². The zero-order valence-electron chi connectivity index (χ0n) is 14.1. The van der Waals surface area contributed by atoms with Crippen LogP contribution in [0.4, 0.5) is 23.7 Å². The number of carbonyl (C=O) groups excluding carboxylic acids is 3. The number of carbonyl (C=O) groups is 3. The molecular weight excluding hydrogens is 355 g/mol. The summed E-state index contributed by atoms with van der Waals surface area (Å²) in [5, 5.41) is 5.01. The molecule has 1 heterocycles. The number of amides is 4. The van der Waals surface area contributed by atoms with Crippen LogP contribution in [-0.2, 0) is 9.59 Å². The molecular formula is C16H18F3N3O4. The molecule has 0 unspecified atom stereocenters. The smallest absolute Gasteiger partial charge is 0.406 e. The predicted molar refractivity (Wildman–Crippen MR) is 85.3 cm³/mol. The molecule has 0 spiro atoms. The topological polar surface area (TPSA) is 87.7 Å². The van der Waals surface area contributed by atoms with E-state index in [1.54, 1.807) is 13.8 Å². The lowest BCUT2D eigenvalue weighted by Gasteiger charge is -2.23. The number of benzene rings is 1. The predicted octanol–water partition coefficient (Wildman–Crippen LogP) is 2.63. The van der Waals surface area contributed by atoms with Crippen LogP contribution in [0.1, 0.15) is 26.7 Å². The van der Waals surface area contributed by atoms with E-state index in [0.717, 1.165) is 17.0 Å². The minimum absolute atomic E-state index is 0.203. The monoisotopic (exact) mass is 373 g/mol. The van der Waals surface area contributed by atoms with Crippen molar-refractivity contribution in [2.45, 2.75) is 38.6 Å². The van der Waals surface area contributed by atoms with Gasteiger partial charge in [-0.1, -0.05) is 13.8 Å². The van der Waals surface area contributed by atoms with Gasteiger partial charge in [0.05, 0.1) is 0 Å². The van der Waals surface area contributed by atoms with E-state index in [2.05, 4.69) is 15.4 Å². The van der Waals surface area contributed by atoms with Crippen molar-refractivity contribution in [3.05, 3.63) is 24.3 Å². The fourth-order valence-corrected chi connectivity index (χ4v) is 2.63. The first-order valence-electron chi connectivity index (χ1n) is 7.90. The summed E-state index contributed by atoms with van der Waals surface area (Å²) in [6, 6.07) is 3.86. The molecule has 1 fully saturated rings. The Morgan fingerprint density at radius 1 is 1.19 bits per heavy atom. The highest BCUT2D eigenvalue weighted by atomic mass is 19.4. The van der Waals surface area contributed by atoms with Gasteiger partial charge < -0.3 is 15.4 Å². The van der Waals surface area contributed by atoms with Crippen molar-refractivity contribution < 1.29 is 32.3 Å². The van der Waals surface area contributed by atoms with Gasteiger partial charge in [-0.05, 0) is 37.1 Å². The van der Waals surface area contributed by atoms with Gasteiger partial charge in [0.1, 0.15) is 17.8 Å². The Kier molecular flexibility index (Phi) is 5.43. The molecule has 0 radical (unpaired) electrons. The molecule has 10 heteroatoms. The second-order valence-corrected chi connectivity index (χ2v) is 5.73. The zero-order chi connectivity index (χ0) is 19.5. The number of anilines is 1. The van der Waals surface area contributed by atoms with E-state index >= 15 is 0 Å². The van der Waals surface area contributed by atoms with Crippen LogP contribution in [0.15, 0.2) is 24.3 Å². The van der Waals surface area contributed by atoms with Crippen molar-refractivity contribution in [2.24, 2.45) is 0 Å². The minimum atomic E-state index is -4.81. The number of nitrogens with zero attached hydrogens (tertiary/aromatic N) is 1. The third kappa shape index (κ3) is 4.24. The van der Waals surface area contributed by atoms with Crippen molar-refractivity contribution in [1.29, 1.82) is 0 Å². The number of alkyl halides is 3. The van der Waals surface area contributed by atoms with Crippen molar-refractivity contribution in [3.63, 3.8) is 0 Å². The maximum Gasteiger partial charge on any atom is 0.573 e. The molecule has 0 aromatic heterocycles. The highest BCUT2D eigenvalue weighted by Crippen LogP contribution is 2.26. The van der Waals surface area contributed by atoms with Gasteiger partial charge >= 0.3 is 12.4 Å². The van der Waals surface area contributed by atoms with Gasteiger partial charge in [-0.2, -0.15) is 0 Å². The Morgan fingerprint density at radius 3 is 2.23 bits per heavy atom. The van der Waals surface area contributed by atoms with Crippen LogP contribution in [0, 0.1) is 0 Å². The van der Waals surface area contributed by atoms with Crippen LogP contribution >= 0.6 is 0 Å². The number of imide groups is 1. The van der Waals surface area contributed by atoms with Gasteiger partial charge in [0.15, 0.2) is 0 Å². The number of ether oxygens (including phenoxy) is 1. The summed E-state index contributed by atoms with van der Waals surface area (Å²) < 4.78 is 40.0. The van der Waals surface area contributed by atoms with Gasteiger partial charge in [0, 0.05) is 5.69 Å². The minimum Gasteiger partial charge on any atom is -0.406 e. The lowest BCUT2D eigenvalue weighted by atomic mass is 9.93. The average Bonchev–Trinajstić information content (AvgIpc) is 2.80. The van der Waals surface area contributed by atoms with Crippen molar-refractivity contribution in [3.8, 4) is 5.75 Å². The molecule has 1 saturated heterocycles. The maximum atomic E-state index is 12.4. The number of hydrogen-bond donors (Lipinski definition) is 2. The first kappa shape index (κ1) is 19.5. The summed E-state index contributed by atoms with van der Waals surface area (Å²) in [6.45, 7) is 3.03. The van der Waals surface area contributed by atoms with Gasteiger partial charge in [-0.15, -0.1) is 13.2 Å². The van der Waals surface area contributed by atoms with E-state index in [1.165, 1.54) is 12.1 Å². The molecule has 1 aliphatic heterocycles. The Bertz CT molecular complexity index is 700.